The number of imidazole rings is 1. The zero-order chi connectivity index (χ0) is 27.2. The number of ether oxygens (including phenoxy) is 2. The summed E-state index contributed by atoms with van der Waals surface area (Å²) in [4.78, 5) is 23.3. The van der Waals surface area contributed by atoms with Crippen LogP contribution in [-0.4, -0.2) is 56.1 Å². The number of rotatable bonds is 3. The van der Waals surface area contributed by atoms with Crippen LogP contribution < -0.4 is 15.4 Å². The zero-order valence-corrected chi connectivity index (χ0v) is 23.0. The average molecular weight is 542 g/mol. The van der Waals surface area contributed by atoms with Crippen molar-refractivity contribution in [3.63, 3.8) is 0 Å². The predicted octanol–water partition coefficient (Wildman–Crippen LogP) is 5.20. The van der Waals surface area contributed by atoms with E-state index in [9.17, 15) is 4.79 Å². The van der Waals surface area contributed by atoms with Crippen LogP contribution in [0.3, 0.4) is 0 Å². The van der Waals surface area contributed by atoms with Crippen molar-refractivity contribution in [3.8, 4) is 17.1 Å². The summed E-state index contributed by atoms with van der Waals surface area (Å²) in [6, 6.07) is 10.6. The summed E-state index contributed by atoms with van der Waals surface area (Å²) in [7, 11) is 0. The van der Waals surface area contributed by atoms with Crippen molar-refractivity contribution < 1.29 is 14.3 Å². The predicted molar refractivity (Wildman–Crippen MR) is 153 cm³/mol. The second-order valence-electron chi connectivity index (χ2n) is 11.4. The number of aromatic nitrogens is 5. The normalized spacial score (nSPS) is 21.6. The topological polar surface area (TPSA) is 108 Å². The summed E-state index contributed by atoms with van der Waals surface area (Å²) in [6.45, 7) is 6.98. The maximum atomic E-state index is 13.7. The number of aryl methyl sites for hydroxylation is 1. The lowest BCUT2D eigenvalue weighted by atomic mass is 10.1. The molecule has 1 saturated heterocycles. The van der Waals surface area contributed by atoms with Crippen molar-refractivity contribution in [1.82, 2.24) is 24.3 Å². The molecule has 10 nitrogen and oxygen atoms in total. The van der Waals surface area contributed by atoms with Crippen LogP contribution in [0, 0.1) is 12.8 Å². The molecule has 1 unspecified atom stereocenters. The third-order valence-electron chi connectivity index (χ3n) is 7.98. The molecule has 2 bridgehead atoms. The van der Waals surface area contributed by atoms with Crippen molar-refractivity contribution in [2.45, 2.75) is 64.6 Å². The highest BCUT2D eigenvalue weighted by Crippen LogP contribution is 2.41. The van der Waals surface area contributed by atoms with Crippen LogP contribution in [0.4, 0.5) is 11.6 Å². The van der Waals surface area contributed by atoms with Gasteiger partial charge in [-0.15, -0.1) is 0 Å². The molecule has 1 amide bonds. The molecule has 1 aromatic carbocycles. The minimum atomic E-state index is -0.218. The van der Waals surface area contributed by atoms with E-state index in [2.05, 4.69) is 45.4 Å². The van der Waals surface area contributed by atoms with E-state index in [0.29, 0.717) is 48.4 Å². The van der Waals surface area contributed by atoms with E-state index in [0.717, 1.165) is 79.1 Å². The van der Waals surface area contributed by atoms with Crippen molar-refractivity contribution in [2.75, 3.05) is 30.5 Å². The highest BCUT2D eigenvalue weighted by molar-refractivity contribution is 6.05. The van der Waals surface area contributed by atoms with E-state index in [-0.39, 0.29) is 5.91 Å². The fourth-order valence-electron chi connectivity index (χ4n) is 5.75. The van der Waals surface area contributed by atoms with Gasteiger partial charge < -0.3 is 19.4 Å². The van der Waals surface area contributed by atoms with Crippen molar-refractivity contribution in [3.05, 3.63) is 47.8 Å². The van der Waals surface area contributed by atoms with Gasteiger partial charge in [-0.25, -0.2) is 9.67 Å². The number of nitrogens with one attached hydrogen (secondary N) is 2. The van der Waals surface area contributed by atoms with Gasteiger partial charge in [0.25, 0.3) is 5.91 Å². The van der Waals surface area contributed by atoms with Crippen LogP contribution in [-0.2, 0) is 11.3 Å². The van der Waals surface area contributed by atoms with Gasteiger partial charge in [-0.05, 0) is 75.3 Å². The Bertz CT molecular complexity index is 1570. The summed E-state index contributed by atoms with van der Waals surface area (Å²) in [5, 5.41) is 11.3. The molecule has 3 aromatic heterocycles. The van der Waals surface area contributed by atoms with Gasteiger partial charge in [0.15, 0.2) is 0 Å². The zero-order valence-electron chi connectivity index (χ0n) is 23.0. The SMILES string of the molecule is Cc1cc2cc(n1)-c1cnn(C3CC3)c1OCCC[C@@H](C)Cn1c(nc3cc(NC4CCOC4)ccc31)NC2=O. The molecule has 3 aliphatic rings. The van der Waals surface area contributed by atoms with Gasteiger partial charge in [-0.3, -0.25) is 15.1 Å². The molecule has 0 spiro atoms. The first-order valence-electron chi connectivity index (χ1n) is 14.4. The Morgan fingerprint density at radius 3 is 2.80 bits per heavy atom. The summed E-state index contributed by atoms with van der Waals surface area (Å²) < 4.78 is 16.0. The lowest BCUT2D eigenvalue weighted by Crippen LogP contribution is -2.18. The summed E-state index contributed by atoms with van der Waals surface area (Å²) >= 11 is 0. The van der Waals surface area contributed by atoms with Crippen molar-refractivity contribution in [1.29, 1.82) is 0 Å². The number of carbonyl (C=O) groups excluding carboxylic acids is 1. The Labute approximate surface area is 233 Å². The highest BCUT2D eigenvalue weighted by atomic mass is 16.5. The molecular formula is C30H35N7O3. The van der Waals surface area contributed by atoms with Gasteiger partial charge in [-0.1, -0.05) is 6.92 Å². The molecule has 208 valence electrons. The molecule has 0 radical (unpaired) electrons. The number of fused-ring (bicyclic) bond motifs is 7. The number of amides is 1. The van der Waals surface area contributed by atoms with Crippen molar-refractivity contribution in [2.24, 2.45) is 5.92 Å². The molecule has 1 aliphatic carbocycles. The summed E-state index contributed by atoms with van der Waals surface area (Å²) in [5.74, 6) is 1.44. The van der Waals surface area contributed by atoms with Crippen LogP contribution in [0.15, 0.2) is 36.5 Å². The molecule has 40 heavy (non-hydrogen) atoms. The largest absolute Gasteiger partial charge is 0.477 e. The number of carbonyl (C=O) groups is 1. The molecular weight excluding hydrogens is 506 g/mol. The number of benzene rings is 1. The molecule has 2 fully saturated rings. The fraction of sp³-hybridized carbons (Fsp3) is 0.467. The van der Waals surface area contributed by atoms with E-state index in [4.69, 9.17) is 19.4 Å². The standard InChI is InChI=1S/C30H35N7O3/c1-18-4-3-10-40-29-24(15-31-37(29)23-6-7-23)25-13-20(12-19(2)32-25)28(38)35-30-34-26-14-21(33-22-9-11-39-17-22)5-8-27(26)36(30)16-18/h5,8,12-15,18,22-23,33H,3-4,6-7,9-11,16-17H2,1-2H3,(H,34,35,38)/t18-,22?/m1/s1. The molecule has 2 aliphatic heterocycles. The molecule has 4 aromatic rings. The van der Waals surface area contributed by atoms with E-state index >= 15 is 0 Å². The fourth-order valence-corrected chi connectivity index (χ4v) is 5.75. The van der Waals surface area contributed by atoms with Gasteiger partial charge in [0, 0.05) is 30.1 Å². The maximum absolute atomic E-state index is 13.7. The number of nitrogens with zero attached hydrogens (tertiary/aromatic N) is 5. The summed E-state index contributed by atoms with van der Waals surface area (Å²) in [5.41, 5.74) is 5.65. The number of hydrogen-bond donors (Lipinski definition) is 2. The van der Waals surface area contributed by atoms with Gasteiger partial charge in [-0.2, -0.15) is 5.10 Å². The Balaban J connectivity index is 1.26. The second kappa shape index (κ2) is 10.2. The number of hydrogen-bond acceptors (Lipinski definition) is 7. The van der Waals surface area contributed by atoms with E-state index in [1.807, 2.05) is 29.9 Å². The molecule has 7 rings (SSSR count). The molecule has 10 heteroatoms. The lowest BCUT2D eigenvalue weighted by Gasteiger charge is -2.16. The smallest absolute Gasteiger partial charge is 0.258 e. The van der Waals surface area contributed by atoms with Gasteiger partial charge in [0.1, 0.15) is 0 Å². The minimum absolute atomic E-state index is 0.218. The van der Waals surface area contributed by atoms with Crippen LogP contribution in [0.5, 0.6) is 5.88 Å². The van der Waals surface area contributed by atoms with E-state index < -0.39 is 0 Å². The number of anilines is 2. The van der Waals surface area contributed by atoms with Crippen molar-refractivity contribution >= 4 is 28.6 Å². The van der Waals surface area contributed by atoms with Gasteiger partial charge >= 0.3 is 0 Å². The Kier molecular flexibility index (Phi) is 6.42. The first-order chi connectivity index (χ1) is 19.5. The second-order valence-corrected chi connectivity index (χ2v) is 11.4. The Hall–Kier alpha value is -3.92. The molecule has 2 N–H and O–H groups in total. The van der Waals surface area contributed by atoms with Crippen LogP contribution in [0.25, 0.3) is 22.3 Å². The molecule has 5 heterocycles. The summed E-state index contributed by atoms with van der Waals surface area (Å²) in [6.07, 6.45) is 6.91. The first-order valence-corrected chi connectivity index (χ1v) is 14.4. The molecule has 2 atom stereocenters. The molecule has 1 saturated carbocycles. The van der Waals surface area contributed by atoms with Gasteiger partial charge in [0.2, 0.25) is 11.8 Å². The van der Waals surface area contributed by atoms with Crippen LogP contribution >= 0.6 is 0 Å². The highest BCUT2D eigenvalue weighted by Gasteiger charge is 2.30. The minimum Gasteiger partial charge on any atom is -0.477 e. The monoisotopic (exact) mass is 541 g/mol. The van der Waals surface area contributed by atoms with Gasteiger partial charge in [0.05, 0.1) is 53.8 Å². The average Bonchev–Trinajstić information content (AvgIpc) is 3.33. The van der Waals surface area contributed by atoms with E-state index in [1.165, 1.54) is 0 Å². The maximum Gasteiger partial charge on any atom is 0.258 e. The van der Waals surface area contributed by atoms with Crippen LogP contribution in [0.1, 0.15) is 61.1 Å². The Morgan fingerprint density at radius 1 is 1.07 bits per heavy atom. The lowest BCUT2D eigenvalue weighted by molar-refractivity contribution is 0.102. The van der Waals surface area contributed by atoms with E-state index in [1.54, 1.807) is 0 Å². The third-order valence-corrected chi connectivity index (χ3v) is 7.98. The third kappa shape index (κ3) is 4.92. The number of pyridine rings is 1. The Morgan fingerprint density at radius 2 is 1.98 bits per heavy atom. The van der Waals surface area contributed by atoms with Crippen LogP contribution in [0.2, 0.25) is 0 Å². The quantitative estimate of drug-likeness (QED) is 0.367. The first kappa shape index (κ1) is 25.1.